The van der Waals surface area contributed by atoms with Crippen molar-refractivity contribution in [2.75, 3.05) is 13.2 Å². The van der Waals surface area contributed by atoms with Crippen molar-refractivity contribution in [1.29, 1.82) is 0 Å². The lowest BCUT2D eigenvalue weighted by molar-refractivity contribution is -0.167. The standard InChI is InChI=1S/C56H100O6/c1-4-7-10-13-16-19-22-24-26-27-28-29-31-32-34-37-40-43-46-49-55(58)61-52-53(51-60-54(57)48-45-42-39-36-21-18-15-12-9-6-3)62-56(59)50-47-44-41-38-35-33-30-25-23-20-17-14-11-8-5-2/h15-16,18-20,22-24,53H,4-14,17,21,25-52H2,1-3H3/b18-15-,19-16-,23-20-,24-22-. The molecule has 0 aromatic heterocycles. The molecular formula is C56H100O6. The molecule has 1 unspecified atom stereocenters. The van der Waals surface area contributed by atoms with Gasteiger partial charge in [0.2, 0.25) is 0 Å². The molecule has 0 amide bonds. The monoisotopic (exact) mass is 869 g/mol. The van der Waals surface area contributed by atoms with Crippen LogP contribution in [0.25, 0.3) is 0 Å². The van der Waals surface area contributed by atoms with E-state index in [0.717, 1.165) is 77.0 Å². The molecule has 0 fully saturated rings. The minimum absolute atomic E-state index is 0.0792. The number of rotatable bonds is 48. The van der Waals surface area contributed by atoms with E-state index in [1.807, 2.05) is 0 Å². The van der Waals surface area contributed by atoms with Crippen LogP contribution in [-0.4, -0.2) is 37.2 Å². The molecule has 0 aromatic carbocycles. The molecule has 0 rings (SSSR count). The fraction of sp³-hybridized carbons (Fsp3) is 0.804. The van der Waals surface area contributed by atoms with Crippen LogP contribution in [-0.2, 0) is 28.6 Å². The topological polar surface area (TPSA) is 78.9 Å². The number of hydrogen-bond acceptors (Lipinski definition) is 6. The van der Waals surface area contributed by atoms with Crippen molar-refractivity contribution in [2.45, 2.75) is 277 Å². The molecule has 0 aliphatic carbocycles. The normalized spacial score (nSPS) is 12.4. The van der Waals surface area contributed by atoms with Crippen molar-refractivity contribution in [2.24, 2.45) is 0 Å². The molecule has 0 aromatic rings. The number of hydrogen-bond donors (Lipinski definition) is 0. The molecule has 0 saturated heterocycles. The molecule has 6 nitrogen and oxygen atoms in total. The minimum Gasteiger partial charge on any atom is -0.462 e. The Hall–Kier alpha value is -2.63. The van der Waals surface area contributed by atoms with Gasteiger partial charge < -0.3 is 14.2 Å². The molecular weight excluding hydrogens is 769 g/mol. The first-order valence-electron chi connectivity index (χ1n) is 26.7. The Morgan fingerprint density at radius 2 is 0.597 bits per heavy atom. The minimum atomic E-state index is -0.779. The van der Waals surface area contributed by atoms with Gasteiger partial charge in [0.1, 0.15) is 13.2 Å². The first-order valence-corrected chi connectivity index (χ1v) is 26.7. The Bertz CT molecular complexity index is 1090. The summed E-state index contributed by atoms with van der Waals surface area (Å²) in [4.78, 5) is 37.9. The van der Waals surface area contributed by atoms with Gasteiger partial charge in [0.05, 0.1) is 0 Å². The molecule has 0 aliphatic heterocycles. The molecule has 0 saturated carbocycles. The van der Waals surface area contributed by atoms with Crippen molar-refractivity contribution in [3.05, 3.63) is 48.6 Å². The second-order valence-electron chi connectivity index (χ2n) is 17.8. The molecule has 6 heteroatoms. The van der Waals surface area contributed by atoms with Gasteiger partial charge in [0, 0.05) is 19.3 Å². The summed E-state index contributed by atoms with van der Waals surface area (Å²) in [7, 11) is 0. The van der Waals surface area contributed by atoms with Gasteiger partial charge in [-0.05, 0) is 89.9 Å². The van der Waals surface area contributed by atoms with E-state index in [0.29, 0.717) is 19.3 Å². The lowest BCUT2D eigenvalue weighted by Crippen LogP contribution is -2.30. The van der Waals surface area contributed by atoms with Crippen LogP contribution in [0.4, 0.5) is 0 Å². The predicted octanol–water partition coefficient (Wildman–Crippen LogP) is 17.5. The summed E-state index contributed by atoms with van der Waals surface area (Å²) < 4.78 is 16.8. The van der Waals surface area contributed by atoms with Crippen LogP contribution in [0.3, 0.4) is 0 Å². The summed E-state index contributed by atoms with van der Waals surface area (Å²) in [6, 6.07) is 0. The van der Waals surface area contributed by atoms with Crippen molar-refractivity contribution in [1.82, 2.24) is 0 Å². The van der Waals surface area contributed by atoms with E-state index in [4.69, 9.17) is 14.2 Å². The molecule has 0 N–H and O–H groups in total. The highest BCUT2D eigenvalue weighted by molar-refractivity contribution is 5.71. The van der Waals surface area contributed by atoms with E-state index in [-0.39, 0.29) is 31.1 Å². The molecule has 0 heterocycles. The van der Waals surface area contributed by atoms with Crippen LogP contribution in [0, 0.1) is 0 Å². The second-order valence-corrected chi connectivity index (χ2v) is 17.8. The van der Waals surface area contributed by atoms with Gasteiger partial charge >= 0.3 is 17.9 Å². The van der Waals surface area contributed by atoms with E-state index >= 15 is 0 Å². The Balaban J connectivity index is 4.32. The number of ether oxygens (including phenoxy) is 3. The highest BCUT2D eigenvalue weighted by Crippen LogP contribution is 2.15. The highest BCUT2D eigenvalue weighted by atomic mass is 16.6. The maximum atomic E-state index is 12.8. The van der Waals surface area contributed by atoms with Gasteiger partial charge in [0.15, 0.2) is 6.10 Å². The van der Waals surface area contributed by atoms with Gasteiger partial charge in [-0.25, -0.2) is 0 Å². The molecule has 0 spiro atoms. The first-order chi connectivity index (χ1) is 30.5. The molecule has 0 radical (unpaired) electrons. The Kier molecular flexibility index (Phi) is 48.8. The van der Waals surface area contributed by atoms with E-state index < -0.39 is 6.10 Å². The Labute approximate surface area is 384 Å². The number of carbonyl (C=O) groups excluding carboxylic acids is 3. The van der Waals surface area contributed by atoms with Crippen molar-refractivity contribution in [3.63, 3.8) is 0 Å². The zero-order chi connectivity index (χ0) is 45.1. The summed E-state index contributed by atoms with van der Waals surface area (Å²) in [6.45, 7) is 6.55. The van der Waals surface area contributed by atoms with E-state index in [1.54, 1.807) is 0 Å². The summed E-state index contributed by atoms with van der Waals surface area (Å²) in [5.41, 5.74) is 0. The third kappa shape index (κ3) is 48.4. The molecule has 360 valence electrons. The van der Waals surface area contributed by atoms with Gasteiger partial charge in [0.25, 0.3) is 0 Å². The van der Waals surface area contributed by atoms with Crippen LogP contribution in [0.2, 0.25) is 0 Å². The van der Waals surface area contributed by atoms with Crippen molar-refractivity contribution >= 4 is 17.9 Å². The average Bonchev–Trinajstić information content (AvgIpc) is 3.27. The van der Waals surface area contributed by atoms with Crippen LogP contribution in [0.1, 0.15) is 271 Å². The smallest absolute Gasteiger partial charge is 0.306 e. The number of carbonyl (C=O) groups is 3. The second kappa shape index (κ2) is 51.0. The fourth-order valence-corrected chi connectivity index (χ4v) is 7.47. The summed E-state index contributed by atoms with van der Waals surface area (Å²) in [5, 5.41) is 0. The van der Waals surface area contributed by atoms with Crippen LogP contribution >= 0.6 is 0 Å². The maximum absolute atomic E-state index is 12.8. The molecule has 62 heavy (non-hydrogen) atoms. The van der Waals surface area contributed by atoms with Gasteiger partial charge in [-0.3, -0.25) is 14.4 Å². The average molecular weight is 869 g/mol. The largest absolute Gasteiger partial charge is 0.462 e. The third-order valence-corrected chi connectivity index (χ3v) is 11.6. The third-order valence-electron chi connectivity index (χ3n) is 11.6. The maximum Gasteiger partial charge on any atom is 0.306 e. The number of esters is 3. The fourth-order valence-electron chi connectivity index (χ4n) is 7.47. The van der Waals surface area contributed by atoms with Crippen LogP contribution < -0.4 is 0 Å². The zero-order valence-corrected chi connectivity index (χ0v) is 41.1. The SMILES string of the molecule is CCCC/C=C\CCCCCCC(=O)OCC(COC(=O)CCCCCCCCCCCC/C=C\C=C/CCCCC)OC(=O)CCCCCCCCC/C=C\CCCCCC. The number of unbranched alkanes of at least 4 members (excludes halogenated alkanes) is 30. The van der Waals surface area contributed by atoms with Crippen LogP contribution in [0.15, 0.2) is 48.6 Å². The first kappa shape index (κ1) is 59.4. The zero-order valence-electron chi connectivity index (χ0n) is 41.1. The predicted molar refractivity (Wildman–Crippen MR) is 265 cm³/mol. The number of allylic oxidation sites excluding steroid dienone is 8. The van der Waals surface area contributed by atoms with E-state index in [2.05, 4.69) is 69.4 Å². The van der Waals surface area contributed by atoms with Crippen LogP contribution in [0.5, 0.6) is 0 Å². The van der Waals surface area contributed by atoms with Crippen molar-refractivity contribution in [3.8, 4) is 0 Å². The van der Waals surface area contributed by atoms with Gasteiger partial charge in [-0.1, -0.05) is 211 Å². The lowest BCUT2D eigenvalue weighted by atomic mass is 10.1. The van der Waals surface area contributed by atoms with Gasteiger partial charge in [-0.2, -0.15) is 0 Å². The summed E-state index contributed by atoms with van der Waals surface area (Å²) in [5.74, 6) is -0.894. The quantitative estimate of drug-likeness (QED) is 0.0199. The summed E-state index contributed by atoms with van der Waals surface area (Å²) >= 11 is 0. The molecule has 1 atom stereocenters. The molecule has 0 aliphatic rings. The summed E-state index contributed by atoms with van der Waals surface area (Å²) in [6.07, 6.45) is 60.9. The van der Waals surface area contributed by atoms with E-state index in [1.165, 1.54) is 154 Å². The Morgan fingerprint density at radius 1 is 0.323 bits per heavy atom. The van der Waals surface area contributed by atoms with E-state index in [9.17, 15) is 14.4 Å². The highest BCUT2D eigenvalue weighted by Gasteiger charge is 2.19. The van der Waals surface area contributed by atoms with Gasteiger partial charge in [-0.15, -0.1) is 0 Å². The molecule has 0 bridgehead atoms. The van der Waals surface area contributed by atoms with Crippen molar-refractivity contribution < 1.29 is 28.6 Å². The lowest BCUT2D eigenvalue weighted by Gasteiger charge is -2.18. The Morgan fingerprint density at radius 3 is 0.984 bits per heavy atom.